The predicted octanol–water partition coefficient (Wildman–Crippen LogP) is 2.77. The number of halogens is 3. The molecule has 0 heterocycles. The van der Waals surface area contributed by atoms with Gasteiger partial charge in [-0.15, -0.1) is 0 Å². The lowest BCUT2D eigenvalue weighted by molar-refractivity contribution is -0.288. The maximum absolute atomic E-state index is 13.4. The Labute approximate surface area is 120 Å². The van der Waals surface area contributed by atoms with Crippen LogP contribution in [0.5, 0.6) is 0 Å². The SMILES string of the molecule is C=C(C)C(=O)OC1CC2CC1CC2(OC(C)=O)C(F)(F)F. The van der Waals surface area contributed by atoms with Gasteiger partial charge < -0.3 is 9.47 Å². The molecule has 0 N–H and O–H groups in total. The molecular weight excluding hydrogens is 289 g/mol. The van der Waals surface area contributed by atoms with Gasteiger partial charge in [-0.25, -0.2) is 4.79 Å². The van der Waals surface area contributed by atoms with Crippen molar-refractivity contribution in [1.82, 2.24) is 0 Å². The van der Waals surface area contributed by atoms with Gasteiger partial charge in [0, 0.05) is 30.8 Å². The molecule has 2 bridgehead atoms. The third-order valence-electron chi connectivity index (χ3n) is 4.27. The molecular formula is C14H17F3O4. The molecule has 0 spiro atoms. The fourth-order valence-electron chi connectivity index (χ4n) is 3.41. The zero-order valence-corrected chi connectivity index (χ0v) is 11.8. The van der Waals surface area contributed by atoms with Crippen LogP contribution < -0.4 is 0 Å². The number of esters is 2. The molecule has 4 atom stereocenters. The Kier molecular flexibility index (Phi) is 3.80. The summed E-state index contributed by atoms with van der Waals surface area (Å²) in [6.45, 7) is 5.89. The van der Waals surface area contributed by atoms with Crippen molar-refractivity contribution in [2.45, 2.75) is 51.0 Å². The van der Waals surface area contributed by atoms with Crippen molar-refractivity contribution >= 4 is 11.9 Å². The Morgan fingerprint density at radius 3 is 2.24 bits per heavy atom. The van der Waals surface area contributed by atoms with Crippen molar-refractivity contribution in [3.63, 3.8) is 0 Å². The van der Waals surface area contributed by atoms with E-state index in [1.165, 1.54) is 6.92 Å². The van der Waals surface area contributed by atoms with Gasteiger partial charge in [-0.3, -0.25) is 4.79 Å². The van der Waals surface area contributed by atoms with E-state index in [2.05, 4.69) is 11.3 Å². The summed E-state index contributed by atoms with van der Waals surface area (Å²) in [6.07, 6.45) is -5.25. The number of carbonyl (C=O) groups excluding carboxylic acids is 2. The summed E-state index contributed by atoms with van der Waals surface area (Å²) in [6, 6.07) is 0. The Morgan fingerprint density at radius 2 is 1.86 bits per heavy atom. The quantitative estimate of drug-likeness (QED) is 0.594. The van der Waals surface area contributed by atoms with Crippen molar-refractivity contribution in [2.75, 3.05) is 0 Å². The number of fused-ring (bicyclic) bond motifs is 2. The number of hydrogen-bond acceptors (Lipinski definition) is 4. The highest BCUT2D eigenvalue weighted by molar-refractivity contribution is 5.87. The molecule has 4 nitrogen and oxygen atoms in total. The number of alkyl halides is 3. The molecule has 2 aliphatic rings. The fourth-order valence-corrected chi connectivity index (χ4v) is 3.41. The number of rotatable bonds is 3. The van der Waals surface area contributed by atoms with E-state index in [1.54, 1.807) is 0 Å². The molecule has 2 rings (SSSR count). The molecule has 21 heavy (non-hydrogen) atoms. The average molecular weight is 306 g/mol. The molecule has 2 saturated carbocycles. The number of ether oxygens (including phenoxy) is 2. The van der Waals surface area contributed by atoms with Gasteiger partial charge in [-0.05, 0) is 19.8 Å². The van der Waals surface area contributed by atoms with Gasteiger partial charge in [0.2, 0.25) is 5.60 Å². The standard InChI is InChI=1S/C14H17F3O4/c1-7(2)12(19)20-11-5-10-4-9(11)6-13(10,14(15,16)17)21-8(3)18/h9-11H,1,4-6H2,2-3H3. The second kappa shape index (κ2) is 5.03. The van der Waals surface area contributed by atoms with E-state index in [0.717, 1.165) is 6.92 Å². The summed E-state index contributed by atoms with van der Waals surface area (Å²) in [5.74, 6) is -2.86. The Balaban J connectivity index is 2.15. The van der Waals surface area contributed by atoms with Crippen LogP contribution in [0.15, 0.2) is 12.2 Å². The van der Waals surface area contributed by atoms with Crippen molar-refractivity contribution in [3.8, 4) is 0 Å². The Hall–Kier alpha value is -1.53. The van der Waals surface area contributed by atoms with Crippen LogP contribution in [0, 0.1) is 11.8 Å². The second-order valence-electron chi connectivity index (χ2n) is 5.84. The minimum absolute atomic E-state index is 0.0521. The van der Waals surface area contributed by atoms with Crippen LogP contribution in [-0.2, 0) is 19.1 Å². The van der Waals surface area contributed by atoms with Crippen LogP contribution >= 0.6 is 0 Å². The summed E-state index contributed by atoms with van der Waals surface area (Å²) in [5, 5.41) is 0. The fraction of sp³-hybridized carbons (Fsp3) is 0.714. The first kappa shape index (κ1) is 15.9. The van der Waals surface area contributed by atoms with Gasteiger partial charge in [0.25, 0.3) is 0 Å². The molecule has 0 saturated heterocycles. The molecule has 0 aromatic heterocycles. The third-order valence-corrected chi connectivity index (χ3v) is 4.27. The van der Waals surface area contributed by atoms with E-state index >= 15 is 0 Å². The molecule has 0 radical (unpaired) electrons. The monoisotopic (exact) mass is 306 g/mol. The van der Waals surface area contributed by atoms with Crippen molar-refractivity contribution in [3.05, 3.63) is 12.2 Å². The first-order chi connectivity index (χ1) is 9.57. The van der Waals surface area contributed by atoms with Crippen LogP contribution in [-0.4, -0.2) is 29.8 Å². The van der Waals surface area contributed by atoms with Gasteiger partial charge in [0.1, 0.15) is 6.10 Å². The lowest BCUT2D eigenvalue weighted by Crippen LogP contribution is -2.54. The normalized spacial score (nSPS) is 34.6. The molecule has 0 amide bonds. The highest BCUT2D eigenvalue weighted by Crippen LogP contribution is 2.59. The largest absolute Gasteiger partial charge is 0.459 e. The van der Waals surface area contributed by atoms with Crippen LogP contribution in [0.25, 0.3) is 0 Å². The van der Waals surface area contributed by atoms with Gasteiger partial charge in [0.05, 0.1) is 0 Å². The highest BCUT2D eigenvalue weighted by atomic mass is 19.4. The molecule has 2 aliphatic carbocycles. The van der Waals surface area contributed by atoms with Crippen LogP contribution in [0.4, 0.5) is 13.2 Å². The van der Waals surface area contributed by atoms with Crippen LogP contribution in [0.2, 0.25) is 0 Å². The second-order valence-corrected chi connectivity index (χ2v) is 5.84. The number of carbonyl (C=O) groups is 2. The highest BCUT2D eigenvalue weighted by Gasteiger charge is 2.70. The smallest absolute Gasteiger partial charge is 0.428 e. The number of hydrogen-bond donors (Lipinski definition) is 0. The zero-order valence-electron chi connectivity index (χ0n) is 11.8. The van der Waals surface area contributed by atoms with E-state index in [-0.39, 0.29) is 24.8 Å². The van der Waals surface area contributed by atoms with Gasteiger partial charge in [0.15, 0.2) is 0 Å². The lowest BCUT2D eigenvalue weighted by atomic mass is 9.82. The summed E-state index contributed by atoms with van der Waals surface area (Å²) in [7, 11) is 0. The van der Waals surface area contributed by atoms with Gasteiger partial charge >= 0.3 is 18.1 Å². The summed E-state index contributed by atoms with van der Waals surface area (Å²) < 4.78 is 49.9. The third kappa shape index (κ3) is 2.65. The van der Waals surface area contributed by atoms with Crippen LogP contribution in [0.3, 0.4) is 0 Å². The van der Waals surface area contributed by atoms with Crippen LogP contribution in [0.1, 0.15) is 33.1 Å². The average Bonchev–Trinajstić information content (AvgIpc) is 2.84. The first-order valence-corrected chi connectivity index (χ1v) is 6.69. The van der Waals surface area contributed by atoms with E-state index in [0.29, 0.717) is 0 Å². The minimum Gasteiger partial charge on any atom is -0.459 e. The van der Waals surface area contributed by atoms with Gasteiger partial charge in [-0.1, -0.05) is 6.58 Å². The van der Waals surface area contributed by atoms with Crippen molar-refractivity contribution < 1.29 is 32.2 Å². The Morgan fingerprint density at radius 1 is 1.24 bits per heavy atom. The van der Waals surface area contributed by atoms with Crippen molar-refractivity contribution in [2.24, 2.45) is 11.8 Å². The summed E-state index contributed by atoms with van der Waals surface area (Å²) in [4.78, 5) is 22.5. The van der Waals surface area contributed by atoms with E-state index in [9.17, 15) is 22.8 Å². The summed E-state index contributed by atoms with van der Waals surface area (Å²) in [5.41, 5.74) is -2.23. The maximum Gasteiger partial charge on any atom is 0.428 e. The van der Waals surface area contributed by atoms with Gasteiger partial charge in [-0.2, -0.15) is 13.2 Å². The summed E-state index contributed by atoms with van der Waals surface area (Å²) >= 11 is 0. The maximum atomic E-state index is 13.4. The predicted molar refractivity (Wildman–Crippen MR) is 66.1 cm³/mol. The molecule has 0 aliphatic heterocycles. The van der Waals surface area contributed by atoms with E-state index in [4.69, 9.17) is 4.74 Å². The topological polar surface area (TPSA) is 52.6 Å². The first-order valence-electron chi connectivity index (χ1n) is 6.69. The zero-order chi connectivity index (χ0) is 16.0. The molecule has 4 unspecified atom stereocenters. The van der Waals surface area contributed by atoms with E-state index < -0.39 is 41.7 Å². The van der Waals surface area contributed by atoms with E-state index in [1.807, 2.05) is 0 Å². The minimum atomic E-state index is -4.62. The molecule has 2 fully saturated rings. The van der Waals surface area contributed by atoms with Crippen molar-refractivity contribution in [1.29, 1.82) is 0 Å². The molecule has 0 aromatic rings. The molecule has 0 aromatic carbocycles. The lowest BCUT2D eigenvalue weighted by Gasteiger charge is -2.40. The molecule has 118 valence electrons. The molecule has 7 heteroatoms. The Bertz CT molecular complexity index is 485.